The quantitative estimate of drug-likeness (QED) is 0.129. The van der Waals surface area contributed by atoms with Crippen LogP contribution in [0.4, 0.5) is 0 Å². The lowest BCUT2D eigenvalue weighted by Crippen LogP contribution is -2.78. The molecule has 242 valence electrons. The second kappa shape index (κ2) is 12.4. The van der Waals surface area contributed by atoms with E-state index >= 15 is 0 Å². The zero-order chi connectivity index (χ0) is 30.7. The molecule has 0 amide bonds. The van der Waals surface area contributed by atoms with Gasteiger partial charge in [0.1, 0.15) is 61.0 Å². The van der Waals surface area contributed by atoms with Gasteiger partial charge < -0.3 is 79.5 Å². The van der Waals surface area contributed by atoms with E-state index in [1.807, 2.05) is 0 Å². The molecule has 8 unspecified atom stereocenters. The Balaban J connectivity index is 1.50. The molecule has 0 radical (unpaired) electrons. The highest BCUT2D eigenvalue weighted by molar-refractivity contribution is 5.16. The number of rotatable bonds is 7. The van der Waals surface area contributed by atoms with E-state index in [1.54, 1.807) is 6.92 Å². The van der Waals surface area contributed by atoms with Crippen molar-refractivity contribution in [2.45, 2.75) is 124 Å². The maximum Gasteiger partial charge on any atom is 0.210 e. The van der Waals surface area contributed by atoms with Gasteiger partial charge in [0, 0.05) is 12.3 Å². The van der Waals surface area contributed by atoms with Gasteiger partial charge in [0.05, 0.1) is 55.9 Å². The van der Waals surface area contributed by atoms with Gasteiger partial charge in [-0.2, -0.15) is 0 Å². The molecule has 5 aliphatic rings. The minimum Gasteiger partial charge on any atom is -0.495 e. The van der Waals surface area contributed by atoms with Gasteiger partial charge in [0.25, 0.3) is 0 Å². The van der Waals surface area contributed by atoms with Crippen molar-refractivity contribution in [1.82, 2.24) is 0 Å². The Kier molecular flexibility index (Phi) is 9.53. The fourth-order valence-corrected chi connectivity index (χ4v) is 6.64. The number of aliphatic hydroxyl groups is 10. The molecule has 1 aliphatic carbocycles. The van der Waals surface area contributed by atoms with Crippen molar-refractivity contribution in [3.63, 3.8) is 0 Å². The topological polar surface area (TPSA) is 258 Å². The van der Waals surface area contributed by atoms with E-state index in [2.05, 4.69) is 0 Å². The predicted molar refractivity (Wildman–Crippen MR) is 134 cm³/mol. The minimum absolute atomic E-state index is 0.154. The average Bonchev–Trinajstić information content (AvgIpc) is 2.97. The van der Waals surface area contributed by atoms with E-state index in [1.165, 1.54) is 19.3 Å². The lowest BCUT2D eigenvalue weighted by atomic mass is 9.73. The Morgan fingerprint density at radius 3 is 2.14 bits per heavy atom. The third-order valence-corrected chi connectivity index (χ3v) is 9.29. The van der Waals surface area contributed by atoms with Crippen LogP contribution in [0.5, 0.6) is 0 Å². The Labute approximate surface area is 241 Å². The van der Waals surface area contributed by atoms with Gasteiger partial charge in [-0.25, -0.2) is 0 Å². The SMILES string of the molecule is CC1O[C@@H](C2(O[C@@H]3OC(CO)C(O)[C@H](O)[C@H]3O[C@@H]3CC(O)[C@H](O)[C@H](O)C3C)O[C@@H]3C=COC(CO)[C@H]32)[C@H](O)C(O)[C@@H]1O. The Bertz CT molecular complexity index is 955. The van der Waals surface area contributed by atoms with Gasteiger partial charge in [-0.05, 0) is 13.0 Å². The first-order chi connectivity index (χ1) is 19.9. The number of fused-ring (bicyclic) bond motifs is 1. The summed E-state index contributed by atoms with van der Waals surface area (Å²) in [6, 6.07) is 0. The van der Waals surface area contributed by atoms with Crippen LogP contribution in [0.1, 0.15) is 20.3 Å². The Morgan fingerprint density at radius 2 is 1.48 bits per heavy atom. The van der Waals surface area contributed by atoms with E-state index < -0.39 is 129 Å². The van der Waals surface area contributed by atoms with Gasteiger partial charge in [-0.3, -0.25) is 0 Å². The molecule has 0 spiro atoms. The average molecular weight is 611 g/mol. The van der Waals surface area contributed by atoms with Crippen LogP contribution in [-0.2, 0) is 28.4 Å². The van der Waals surface area contributed by atoms with Crippen LogP contribution in [-0.4, -0.2) is 168 Å². The molecule has 19 atom stereocenters. The first-order valence-corrected chi connectivity index (χ1v) is 14.2. The third kappa shape index (κ3) is 5.29. The summed E-state index contributed by atoms with van der Waals surface area (Å²) < 4.78 is 35.8. The van der Waals surface area contributed by atoms with Crippen LogP contribution in [0, 0.1) is 11.8 Å². The number of ether oxygens (including phenoxy) is 6. The summed E-state index contributed by atoms with van der Waals surface area (Å²) in [4.78, 5) is 0. The molecule has 3 saturated heterocycles. The molecule has 10 N–H and O–H groups in total. The molecule has 4 heterocycles. The van der Waals surface area contributed by atoms with Crippen molar-refractivity contribution in [3.8, 4) is 0 Å². The van der Waals surface area contributed by atoms with Crippen LogP contribution in [0.15, 0.2) is 12.3 Å². The summed E-state index contributed by atoms with van der Waals surface area (Å²) in [5, 5.41) is 104. The number of aliphatic hydroxyl groups excluding tert-OH is 10. The summed E-state index contributed by atoms with van der Waals surface area (Å²) in [6.45, 7) is 1.75. The molecule has 4 aliphatic heterocycles. The largest absolute Gasteiger partial charge is 0.495 e. The van der Waals surface area contributed by atoms with E-state index in [-0.39, 0.29) is 6.42 Å². The fraction of sp³-hybridized carbons (Fsp3) is 0.923. The molecule has 0 aromatic heterocycles. The Morgan fingerprint density at radius 1 is 0.786 bits per heavy atom. The van der Waals surface area contributed by atoms with Crippen molar-refractivity contribution < 1.29 is 79.5 Å². The number of hydrogen-bond acceptors (Lipinski definition) is 16. The second-order valence-corrected chi connectivity index (χ2v) is 11.9. The standard InChI is InChI=1S/C26H42O16/c1-8-12(5-10(29)18(32)16(8)30)39-23-21(35)19(33)14(7-28)40-25(23)42-26(15-11(41-26)3-4-37-13(15)6-27)24-22(36)20(34)17(31)9(2)38-24/h3-4,8-25,27-36H,5-7H2,1-2H3/t8?,9?,10?,11-,12-,13?,14?,15+,16-,17-,18+,19?,20?,21+,22-,23-,24-,25+,26?/m1/s1. The molecule has 1 saturated carbocycles. The molecular formula is C26H42O16. The molecule has 0 bridgehead atoms. The summed E-state index contributed by atoms with van der Waals surface area (Å²) in [5.74, 6) is -3.70. The summed E-state index contributed by atoms with van der Waals surface area (Å²) in [7, 11) is 0. The predicted octanol–water partition coefficient (Wildman–Crippen LogP) is -5.20. The van der Waals surface area contributed by atoms with E-state index in [0.717, 1.165) is 0 Å². The van der Waals surface area contributed by atoms with Crippen LogP contribution in [0.25, 0.3) is 0 Å². The van der Waals surface area contributed by atoms with Gasteiger partial charge >= 0.3 is 0 Å². The van der Waals surface area contributed by atoms with Crippen LogP contribution in [0.2, 0.25) is 0 Å². The molecule has 0 aromatic carbocycles. The molecule has 42 heavy (non-hydrogen) atoms. The van der Waals surface area contributed by atoms with Crippen molar-refractivity contribution in [2.24, 2.45) is 11.8 Å². The maximum absolute atomic E-state index is 11.1. The maximum atomic E-state index is 11.1. The lowest BCUT2D eigenvalue weighted by molar-refractivity contribution is -0.485. The van der Waals surface area contributed by atoms with E-state index in [9.17, 15) is 51.1 Å². The van der Waals surface area contributed by atoms with E-state index in [4.69, 9.17) is 28.4 Å². The van der Waals surface area contributed by atoms with E-state index in [0.29, 0.717) is 0 Å². The minimum atomic E-state index is -2.06. The summed E-state index contributed by atoms with van der Waals surface area (Å²) >= 11 is 0. The molecule has 16 heteroatoms. The zero-order valence-electron chi connectivity index (χ0n) is 23.1. The molecule has 5 rings (SSSR count). The van der Waals surface area contributed by atoms with Crippen molar-refractivity contribution in [1.29, 1.82) is 0 Å². The molecule has 4 fully saturated rings. The number of hydrogen-bond donors (Lipinski definition) is 10. The van der Waals surface area contributed by atoms with Crippen molar-refractivity contribution in [2.75, 3.05) is 13.2 Å². The van der Waals surface area contributed by atoms with Gasteiger partial charge in [-0.1, -0.05) is 6.92 Å². The summed E-state index contributed by atoms with van der Waals surface area (Å²) in [5.41, 5.74) is 0. The van der Waals surface area contributed by atoms with Crippen molar-refractivity contribution in [3.05, 3.63) is 12.3 Å². The Hall–Kier alpha value is -1.06. The highest BCUT2D eigenvalue weighted by Crippen LogP contribution is 2.52. The summed E-state index contributed by atoms with van der Waals surface area (Å²) in [6.07, 6.45) is -19.6. The molecule has 16 nitrogen and oxygen atoms in total. The highest BCUT2D eigenvalue weighted by Gasteiger charge is 2.70. The molecular weight excluding hydrogens is 568 g/mol. The van der Waals surface area contributed by atoms with Crippen LogP contribution in [0.3, 0.4) is 0 Å². The first-order valence-electron chi connectivity index (χ1n) is 14.2. The normalized spacial score (nSPS) is 56.3. The third-order valence-electron chi connectivity index (χ3n) is 9.29. The molecule has 0 aromatic rings. The van der Waals surface area contributed by atoms with Gasteiger partial charge in [-0.15, -0.1) is 0 Å². The van der Waals surface area contributed by atoms with Crippen LogP contribution >= 0.6 is 0 Å². The van der Waals surface area contributed by atoms with Gasteiger partial charge in [0.2, 0.25) is 5.79 Å². The highest BCUT2D eigenvalue weighted by atomic mass is 16.8. The van der Waals surface area contributed by atoms with Gasteiger partial charge in [0.15, 0.2) is 6.29 Å². The first kappa shape index (κ1) is 32.3. The monoisotopic (exact) mass is 610 g/mol. The van der Waals surface area contributed by atoms with Crippen molar-refractivity contribution >= 4 is 0 Å². The lowest BCUT2D eigenvalue weighted by Gasteiger charge is -2.62. The van der Waals surface area contributed by atoms with Crippen LogP contribution < -0.4 is 0 Å². The zero-order valence-corrected chi connectivity index (χ0v) is 23.1. The fourth-order valence-electron chi connectivity index (χ4n) is 6.64. The second-order valence-electron chi connectivity index (χ2n) is 11.9. The smallest absolute Gasteiger partial charge is 0.210 e.